The zero-order valence-corrected chi connectivity index (χ0v) is 11.8. The van der Waals surface area contributed by atoms with E-state index in [1.807, 2.05) is 18.2 Å². The highest BCUT2D eigenvalue weighted by Crippen LogP contribution is 2.33. The fraction of sp³-hybridized carbons (Fsp3) is 0.250. The number of aromatic hydroxyl groups is 1. The Balaban J connectivity index is 1.73. The van der Waals surface area contributed by atoms with Crippen LogP contribution in [0.1, 0.15) is 5.56 Å². The van der Waals surface area contributed by atoms with Gasteiger partial charge in [-0.3, -0.25) is 0 Å². The molecule has 0 amide bonds. The first kappa shape index (κ1) is 13.4. The van der Waals surface area contributed by atoms with Crippen LogP contribution in [-0.2, 0) is 6.54 Å². The van der Waals surface area contributed by atoms with Crippen molar-refractivity contribution in [1.29, 1.82) is 0 Å². The predicted molar refractivity (Wildman–Crippen MR) is 79.4 cm³/mol. The Hall–Kier alpha value is -2.56. The van der Waals surface area contributed by atoms with Gasteiger partial charge in [0.2, 0.25) is 0 Å². The molecule has 2 aromatic rings. The van der Waals surface area contributed by atoms with E-state index in [4.69, 9.17) is 14.2 Å². The average molecular weight is 287 g/mol. The van der Waals surface area contributed by atoms with Crippen molar-refractivity contribution in [2.45, 2.75) is 6.54 Å². The van der Waals surface area contributed by atoms with Gasteiger partial charge in [0, 0.05) is 23.9 Å². The Morgan fingerprint density at radius 1 is 1.10 bits per heavy atom. The van der Waals surface area contributed by atoms with Crippen molar-refractivity contribution >= 4 is 5.69 Å². The van der Waals surface area contributed by atoms with E-state index in [9.17, 15) is 5.11 Å². The topological polar surface area (TPSA) is 60.0 Å². The van der Waals surface area contributed by atoms with Crippen LogP contribution in [0.5, 0.6) is 23.0 Å². The monoisotopic (exact) mass is 287 g/mol. The maximum absolute atomic E-state index is 9.86. The number of methoxy groups -OCH3 is 1. The summed E-state index contributed by atoms with van der Waals surface area (Å²) in [7, 11) is 1.60. The Labute approximate surface area is 123 Å². The van der Waals surface area contributed by atoms with Crippen LogP contribution in [-0.4, -0.2) is 25.4 Å². The van der Waals surface area contributed by atoms with Crippen molar-refractivity contribution in [3.8, 4) is 23.0 Å². The van der Waals surface area contributed by atoms with Gasteiger partial charge in [-0.05, 0) is 30.3 Å². The second-order valence-electron chi connectivity index (χ2n) is 4.71. The number of phenolic OH excluding ortho intramolecular Hbond substituents is 1. The number of fused-ring (bicyclic) bond motifs is 1. The fourth-order valence-corrected chi connectivity index (χ4v) is 2.18. The number of ether oxygens (including phenoxy) is 3. The Morgan fingerprint density at radius 3 is 2.71 bits per heavy atom. The maximum Gasteiger partial charge on any atom is 0.163 e. The van der Waals surface area contributed by atoms with E-state index in [1.54, 1.807) is 25.3 Å². The summed E-state index contributed by atoms with van der Waals surface area (Å²) in [4.78, 5) is 0. The molecule has 0 saturated carbocycles. The van der Waals surface area contributed by atoms with E-state index in [-0.39, 0.29) is 5.75 Å². The molecule has 5 nitrogen and oxygen atoms in total. The molecule has 1 aliphatic rings. The molecule has 0 spiro atoms. The van der Waals surface area contributed by atoms with Gasteiger partial charge < -0.3 is 24.6 Å². The van der Waals surface area contributed by atoms with Crippen molar-refractivity contribution in [2.75, 3.05) is 25.6 Å². The standard InChI is InChI=1S/C16H17NO4/c1-19-13-3-4-14(18)11(8-13)10-17-12-2-5-15-16(9-12)21-7-6-20-15/h2-5,8-9,17-18H,6-7,10H2,1H3. The smallest absolute Gasteiger partial charge is 0.163 e. The molecule has 0 saturated heterocycles. The first-order valence-corrected chi connectivity index (χ1v) is 6.75. The van der Waals surface area contributed by atoms with Gasteiger partial charge in [-0.15, -0.1) is 0 Å². The van der Waals surface area contributed by atoms with Gasteiger partial charge in [-0.1, -0.05) is 0 Å². The van der Waals surface area contributed by atoms with E-state index in [1.165, 1.54) is 0 Å². The van der Waals surface area contributed by atoms with Crippen LogP contribution in [0.2, 0.25) is 0 Å². The third-order valence-electron chi connectivity index (χ3n) is 3.31. The molecule has 0 bridgehead atoms. The molecule has 1 aliphatic heterocycles. The Morgan fingerprint density at radius 2 is 1.90 bits per heavy atom. The molecule has 2 N–H and O–H groups in total. The van der Waals surface area contributed by atoms with Gasteiger partial charge in [-0.2, -0.15) is 0 Å². The fourth-order valence-electron chi connectivity index (χ4n) is 2.18. The van der Waals surface area contributed by atoms with Crippen LogP contribution in [0.15, 0.2) is 36.4 Å². The summed E-state index contributed by atoms with van der Waals surface area (Å²) in [6.45, 7) is 1.63. The molecular weight excluding hydrogens is 270 g/mol. The number of anilines is 1. The second-order valence-corrected chi connectivity index (χ2v) is 4.71. The summed E-state index contributed by atoms with van der Waals surface area (Å²) < 4.78 is 16.2. The van der Waals surface area contributed by atoms with Gasteiger partial charge in [0.25, 0.3) is 0 Å². The summed E-state index contributed by atoms with van der Waals surface area (Å²) in [5.74, 6) is 2.45. The summed E-state index contributed by atoms with van der Waals surface area (Å²) in [5.41, 5.74) is 1.67. The molecular formula is C16H17NO4. The molecule has 21 heavy (non-hydrogen) atoms. The van der Waals surface area contributed by atoms with Crippen molar-refractivity contribution in [1.82, 2.24) is 0 Å². The lowest BCUT2D eigenvalue weighted by Gasteiger charge is -2.19. The van der Waals surface area contributed by atoms with E-state index in [2.05, 4.69) is 5.32 Å². The molecule has 3 rings (SSSR count). The third kappa shape index (κ3) is 2.97. The maximum atomic E-state index is 9.86. The molecule has 2 aromatic carbocycles. The third-order valence-corrected chi connectivity index (χ3v) is 3.31. The lowest BCUT2D eigenvalue weighted by Crippen LogP contribution is -2.15. The quantitative estimate of drug-likeness (QED) is 0.905. The van der Waals surface area contributed by atoms with Gasteiger partial charge in [0.05, 0.1) is 7.11 Å². The summed E-state index contributed by atoms with van der Waals surface area (Å²) in [6.07, 6.45) is 0. The minimum absolute atomic E-state index is 0.237. The minimum atomic E-state index is 0.237. The van der Waals surface area contributed by atoms with Gasteiger partial charge in [0.1, 0.15) is 24.7 Å². The Bertz CT molecular complexity index is 642. The minimum Gasteiger partial charge on any atom is -0.508 e. The molecule has 0 fully saturated rings. The summed E-state index contributed by atoms with van der Waals surface area (Å²) in [5, 5.41) is 13.1. The number of nitrogens with one attached hydrogen (secondary N) is 1. The molecule has 1 heterocycles. The highest BCUT2D eigenvalue weighted by molar-refractivity contribution is 5.56. The van der Waals surface area contributed by atoms with E-state index >= 15 is 0 Å². The van der Waals surface area contributed by atoms with Crippen LogP contribution < -0.4 is 19.5 Å². The van der Waals surface area contributed by atoms with Crippen LogP contribution >= 0.6 is 0 Å². The van der Waals surface area contributed by atoms with Gasteiger partial charge in [-0.25, -0.2) is 0 Å². The molecule has 0 aromatic heterocycles. The van der Waals surface area contributed by atoms with Crippen LogP contribution in [0.3, 0.4) is 0 Å². The van der Waals surface area contributed by atoms with Crippen molar-refractivity contribution in [3.63, 3.8) is 0 Å². The number of rotatable bonds is 4. The second kappa shape index (κ2) is 5.83. The number of benzene rings is 2. The van der Waals surface area contributed by atoms with Crippen molar-refractivity contribution < 1.29 is 19.3 Å². The number of phenols is 1. The summed E-state index contributed by atoms with van der Waals surface area (Å²) in [6, 6.07) is 10.8. The molecule has 0 atom stereocenters. The summed E-state index contributed by atoms with van der Waals surface area (Å²) >= 11 is 0. The normalized spacial score (nSPS) is 12.8. The first-order valence-electron chi connectivity index (χ1n) is 6.75. The number of hydrogen-bond donors (Lipinski definition) is 2. The van der Waals surface area contributed by atoms with Crippen LogP contribution in [0.25, 0.3) is 0 Å². The molecule has 0 radical (unpaired) electrons. The number of hydrogen-bond acceptors (Lipinski definition) is 5. The van der Waals surface area contributed by atoms with Crippen molar-refractivity contribution in [2.24, 2.45) is 0 Å². The van der Waals surface area contributed by atoms with E-state index < -0.39 is 0 Å². The predicted octanol–water partition coefficient (Wildman–Crippen LogP) is 2.78. The average Bonchev–Trinajstić information content (AvgIpc) is 2.54. The van der Waals surface area contributed by atoms with Crippen LogP contribution in [0, 0.1) is 0 Å². The van der Waals surface area contributed by atoms with Crippen LogP contribution in [0.4, 0.5) is 5.69 Å². The largest absolute Gasteiger partial charge is 0.508 e. The molecule has 0 aliphatic carbocycles. The molecule has 110 valence electrons. The zero-order valence-electron chi connectivity index (χ0n) is 11.8. The highest BCUT2D eigenvalue weighted by atomic mass is 16.6. The lowest BCUT2D eigenvalue weighted by molar-refractivity contribution is 0.171. The van der Waals surface area contributed by atoms with Gasteiger partial charge >= 0.3 is 0 Å². The van der Waals surface area contributed by atoms with Crippen molar-refractivity contribution in [3.05, 3.63) is 42.0 Å². The Kier molecular flexibility index (Phi) is 3.73. The van der Waals surface area contributed by atoms with Gasteiger partial charge in [0.15, 0.2) is 11.5 Å². The van der Waals surface area contributed by atoms with E-state index in [0.29, 0.717) is 25.5 Å². The highest BCUT2D eigenvalue weighted by Gasteiger charge is 2.11. The molecule has 0 unspecified atom stereocenters. The first-order chi connectivity index (χ1) is 10.3. The lowest BCUT2D eigenvalue weighted by atomic mass is 10.2. The van der Waals surface area contributed by atoms with E-state index in [0.717, 1.165) is 22.7 Å². The SMILES string of the molecule is COc1ccc(O)c(CNc2ccc3c(c2)OCCO3)c1. The zero-order chi connectivity index (χ0) is 14.7. The molecule has 5 heteroatoms.